The van der Waals surface area contributed by atoms with E-state index in [2.05, 4.69) is 20.3 Å². The van der Waals surface area contributed by atoms with Crippen molar-refractivity contribution in [2.45, 2.75) is 19.9 Å². The normalized spacial score (nSPS) is 10.2. The van der Waals surface area contributed by atoms with Crippen molar-refractivity contribution in [1.82, 2.24) is 10.3 Å². The molecule has 0 aliphatic rings. The molecule has 0 fully saturated rings. The van der Waals surface area contributed by atoms with Gasteiger partial charge in [0, 0.05) is 6.04 Å². The highest BCUT2D eigenvalue weighted by atomic mass is 16.6. The van der Waals surface area contributed by atoms with Gasteiger partial charge in [-0.15, -0.1) is 0 Å². The second-order valence-electron chi connectivity index (χ2n) is 2.57. The number of carboxylic acids is 1. The van der Waals surface area contributed by atoms with E-state index in [4.69, 9.17) is 5.11 Å². The average molecular weight is 171 g/mol. The molecule has 1 rings (SSSR count). The first-order valence-electron chi connectivity index (χ1n) is 3.43. The van der Waals surface area contributed by atoms with E-state index < -0.39 is 5.97 Å². The number of nitrogens with one attached hydrogen (secondary N) is 1. The Morgan fingerprint density at radius 2 is 2.25 bits per heavy atom. The molecule has 2 N–H and O–H groups in total. The maximum Gasteiger partial charge on any atom is 0.362 e. The van der Waals surface area contributed by atoms with Crippen molar-refractivity contribution in [2.24, 2.45) is 0 Å². The average Bonchev–Trinajstić information content (AvgIpc) is 2.33. The van der Waals surface area contributed by atoms with Gasteiger partial charge in [-0.2, -0.15) is 0 Å². The van der Waals surface area contributed by atoms with Crippen molar-refractivity contribution in [3.63, 3.8) is 0 Å². The summed E-state index contributed by atoms with van der Waals surface area (Å²) in [5.41, 5.74) is -0.191. The van der Waals surface area contributed by atoms with Gasteiger partial charge in [-0.3, -0.25) is 0 Å². The second-order valence-corrected chi connectivity index (χ2v) is 2.57. The molecule has 66 valence electrons. The maximum absolute atomic E-state index is 10.5. The van der Waals surface area contributed by atoms with Crippen LogP contribution in [0.5, 0.6) is 0 Å². The second kappa shape index (κ2) is 3.21. The summed E-state index contributed by atoms with van der Waals surface area (Å²) in [5, 5.41) is 18.0. The zero-order valence-corrected chi connectivity index (χ0v) is 6.74. The van der Waals surface area contributed by atoms with Gasteiger partial charge in [0.15, 0.2) is 0 Å². The third-order valence-corrected chi connectivity index (χ3v) is 1.12. The van der Waals surface area contributed by atoms with Gasteiger partial charge in [-0.1, -0.05) is 0 Å². The summed E-state index contributed by atoms with van der Waals surface area (Å²) in [6, 6.07) is 0.0926. The number of aromatic carboxylic acids is 1. The van der Waals surface area contributed by atoms with E-state index in [-0.39, 0.29) is 17.6 Å². The van der Waals surface area contributed by atoms with E-state index in [0.717, 1.165) is 0 Å². The van der Waals surface area contributed by atoms with Crippen LogP contribution in [0.3, 0.4) is 0 Å². The molecule has 1 aromatic rings. The van der Waals surface area contributed by atoms with Crippen molar-refractivity contribution in [3.05, 3.63) is 5.69 Å². The summed E-state index contributed by atoms with van der Waals surface area (Å²) in [7, 11) is 0. The van der Waals surface area contributed by atoms with E-state index in [1.54, 1.807) is 0 Å². The number of carbonyl (C=O) groups is 1. The molecule has 0 spiro atoms. The number of hydrogen-bond acceptors (Lipinski definition) is 5. The van der Waals surface area contributed by atoms with Crippen LogP contribution in [0, 0.1) is 0 Å². The van der Waals surface area contributed by atoms with Crippen LogP contribution in [0.4, 0.5) is 5.82 Å². The van der Waals surface area contributed by atoms with E-state index in [1.165, 1.54) is 0 Å². The Balaban J connectivity index is 2.84. The monoisotopic (exact) mass is 171 g/mol. The predicted molar refractivity (Wildman–Crippen MR) is 40.0 cm³/mol. The lowest BCUT2D eigenvalue weighted by Gasteiger charge is -2.04. The highest BCUT2D eigenvalue weighted by molar-refractivity contribution is 5.90. The molecule has 0 aliphatic carbocycles. The van der Waals surface area contributed by atoms with E-state index in [0.29, 0.717) is 0 Å². The summed E-state index contributed by atoms with van der Waals surface area (Å²) in [6.07, 6.45) is 0. The third-order valence-electron chi connectivity index (χ3n) is 1.12. The number of carboxylic acid groups (broad SMARTS) is 1. The summed E-state index contributed by atoms with van der Waals surface area (Å²) < 4.78 is 4.26. The van der Waals surface area contributed by atoms with Crippen LogP contribution in [0.15, 0.2) is 4.63 Å². The predicted octanol–water partition coefficient (Wildman–Crippen LogP) is 0.588. The molecule has 0 atom stereocenters. The fourth-order valence-corrected chi connectivity index (χ4v) is 0.697. The van der Waals surface area contributed by atoms with Gasteiger partial charge in [-0.05, 0) is 24.2 Å². The van der Waals surface area contributed by atoms with Crippen molar-refractivity contribution < 1.29 is 14.5 Å². The first kappa shape index (κ1) is 8.51. The smallest absolute Gasteiger partial charge is 0.362 e. The van der Waals surface area contributed by atoms with Gasteiger partial charge < -0.3 is 10.4 Å². The number of nitrogens with zero attached hydrogens (tertiary/aromatic N) is 2. The molecule has 12 heavy (non-hydrogen) atoms. The van der Waals surface area contributed by atoms with Gasteiger partial charge in [0.05, 0.1) is 0 Å². The molecule has 0 saturated carbocycles. The molecule has 6 heteroatoms. The molecular formula is C6H9N3O3. The van der Waals surface area contributed by atoms with Crippen LogP contribution in [0.2, 0.25) is 0 Å². The Morgan fingerprint density at radius 1 is 1.58 bits per heavy atom. The molecular weight excluding hydrogens is 162 g/mol. The SMILES string of the molecule is CC(C)Nc1nonc1C(=O)O. The fraction of sp³-hybridized carbons (Fsp3) is 0.500. The first-order valence-corrected chi connectivity index (χ1v) is 3.43. The van der Waals surface area contributed by atoms with Crippen LogP contribution in [0.25, 0.3) is 0 Å². The van der Waals surface area contributed by atoms with Crippen LogP contribution < -0.4 is 5.32 Å². The van der Waals surface area contributed by atoms with Crippen molar-refractivity contribution in [2.75, 3.05) is 5.32 Å². The molecule has 0 saturated heterocycles. The largest absolute Gasteiger partial charge is 0.476 e. The third kappa shape index (κ3) is 1.71. The molecule has 6 nitrogen and oxygen atoms in total. The Hall–Kier alpha value is -1.59. The molecule has 0 aromatic carbocycles. The van der Waals surface area contributed by atoms with Gasteiger partial charge in [0.25, 0.3) is 0 Å². The van der Waals surface area contributed by atoms with Crippen LogP contribution in [0.1, 0.15) is 24.3 Å². The minimum Gasteiger partial charge on any atom is -0.476 e. The minimum atomic E-state index is -1.15. The van der Waals surface area contributed by atoms with Gasteiger partial charge in [0.1, 0.15) is 0 Å². The number of aromatic nitrogens is 2. The van der Waals surface area contributed by atoms with Crippen LogP contribution in [-0.4, -0.2) is 27.4 Å². The molecule has 0 bridgehead atoms. The topological polar surface area (TPSA) is 88.3 Å². The Morgan fingerprint density at radius 3 is 2.75 bits per heavy atom. The lowest BCUT2D eigenvalue weighted by atomic mass is 10.3. The lowest BCUT2D eigenvalue weighted by Crippen LogP contribution is -2.13. The van der Waals surface area contributed by atoms with E-state index >= 15 is 0 Å². The van der Waals surface area contributed by atoms with Gasteiger partial charge in [0.2, 0.25) is 11.5 Å². The van der Waals surface area contributed by atoms with E-state index in [9.17, 15) is 4.79 Å². The quantitative estimate of drug-likeness (QED) is 0.691. The van der Waals surface area contributed by atoms with Crippen LogP contribution in [-0.2, 0) is 0 Å². The fourth-order valence-electron chi connectivity index (χ4n) is 0.697. The van der Waals surface area contributed by atoms with Crippen LogP contribution >= 0.6 is 0 Å². The molecule has 0 unspecified atom stereocenters. The maximum atomic E-state index is 10.5. The van der Waals surface area contributed by atoms with Gasteiger partial charge >= 0.3 is 5.97 Å². The number of anilines is 1. The molecule has 0 amide bonds. The Labute approximate surface area is 68.5 Å². The Kier molecular flexibility index (Phi) is 2.27. The standard InChI is InChI=1S/C6H9N3O3/c1-3(2)7-5-4(6(10)11)8-12-9-5/h3H,1-2H3,(H,7,9)(H,10,11). The lowest BCUT2D eigenvalue weighted by molar-refractivity contribution is 0.0685. The molecule has 0 radical (unpaired) electrons. The zero-order chi connectivity index (χ0) is 9.14. The van der Waals surface area contributed by atoms with E-state index in [1.807, 2.05) is 13.8 Å². The summed E-state index contributed by atoms with van der Waals surface area (Å²) in [4.78, 5) is 10.5. The zero-order valence-electron chi connectivity index (χ0n) is 6.74. The van der Waals surface area contributed by atoms with Crippen molar-refractivity contribution in [1.29, 1.82) is 0 Å². The number of rotatable bonds is 3. The summed E-state index contributed by atoms with van der Waals surface area (Å²) in [6.45, 7) is 3.72. The first-order chi connectivity index (χ1) is 5.61. The Bertz CT molecular complexity index is 281. The van der Waals surface area contributed by atoms with Crippen molar-refractivity contribution >= 4 is 11.8 Å². The number of hydrogen-bond donors (Lipinski definition) is 2. The molecule has 1 aromatic heterocycles. The molecule has 1 heterocycles. The highest BCUT2D eigenvalue weighted by Crippen LogP contribution is 2.09. The summed E-state index contributed by atoms with van der Waals surface area (Å²) >= 11 is 0. The highest BCUT2D eigenvalue weighted by Gasteiger charge is 2.17. The molecule has 0 aliphatic heterocycles. The van der Waals surface area contributed by atoms with Crippen molar-refractivity contribution in [3.8, 4) is 0 Å². The minimum absolute atomic E-state index is 0.0926. The summed E-state index contributed by atoms with van der Waals surface area (Å²) in [5.74, 6) is -0.989. The van der Waals surface area contributed by atoms with Gasteiger partial charge in [-0.25, -0.2) is 9.42 Å².